The van der Waals surface area contributed by atoms with E-state index in [0.717, 1.165) is 22.9 Å². The van der Waals surface area contributed by atoms with Gasteiger partial charge in [0.25, 0.3) is 5.91 Å². The molecule has 5 nitrogen and oxygen atoms in total. The third-order valence-corrected chi connectivity index (χ3v) is 4.91. The monoisotopic (exact) mass is 516 g/mol. The number of anilines is 1. The second kappa shape index (κ2) is 8.43. The van der Waals surface area contributed by atoms with Crippen LogP contribution < -0.4 is 5.32 Å². The second-order valence-corrected chi connectivity index (χ2v) is 8.90. The van der Waals surface area contributed by atoms with Gasteiger partial charge in [-0.25, -0.2) is 9.67 Å². The first-order valence-corrected chi connectivity index (χ1v) is 9.73. The zero-order valence-corrected chi connectivity index (χ0v) is 18.1. The lowest BCUT2D eigenvalue weighted by Crippen LogP contribution is -2.15. The molecule has 0 radical (unpaired) electrons. The average Bonchev–Trinajstić information content (AvgIpc) is 3.09. The van der Waals surface area contributed by atoms with Crippen LogP contribution in [0.4, 0.5) is 18.9 Å². The summed E-state index contributed by atoms with van der Waals surface area (Å²) in [4.78, 5) is 16.4. The molecule has 1 heterocycles. The molecule has 3 aromatic rings. The molecule has 0 atom stereocenters. The van der Waals surface area contributed by atoms with Crippen LogP contribution in [0.3, 0.4) is 0 Å². The quantitative estimate of drug-likeness (QED) is 0.394. The first kappa shape index (κ1) is 23.0. The number of halogens is 8. The number of benzene rings is 2. The Morgan fingerprint density at radius 2 is 1.70 bits per heavy atom. The van der Waals surface area contributed by atoms with Crippen molar-refractivity contribution in [1.29, 1.82) is 0 Å². The Balaban J connectivity index is 1.98. The van der Waals surface area contributed by atoms with Crippen LogP contribution in [-0.4, -0.2) is 20.7 Å². The van der Waals surface area contributed by atoms with Crippen molar-refractivity contribution in [2.24, 2.45) is 0 Å². The molecule has 30 heavy (non-hydrogen) atoms. The maximum absolute atomic E-state index is 12.9. The Bertz CT molecular complexity index is 1110. The van der Waals surface area contributed by atoms with E-state index in [2.05, 4.69) is 15.4 Å². The van der Waals surface area contributed by atoms with Gasteiger partial charge < -0.3 is 5.32 Å². The van der Waals surface area contributed by atoms with E-state index < -0.39 is 27.3 Å². The lowest BCUT2D eigenvalue weighted by molar-refractivity contribution is -0.137. The zero-order valence-electron chi connectivity index (χ0n) is 14.3. The standard InChI is InChI=1S/C17H8Cl5F3N4O/c18-11-5-4-10(7-12(11)19)29-15(16(20,21)22)27-13(28-29)14(30)26-9-3-1-2-8(6-9)17(23,24)25/h1-7H,(H,26,30). The summed E-state index contributed by atoms with van der Waals surface area (Å²) in [5.41, 5.74) is -0.760. The summed E-state index contributed by atoms with van der Waals surface area (Å²) in [7, 11) is 0. The van der Waals surface area contributed by atoms with Crippen LogP contribution in [0.5, 0.6) is 0 Å². The van der Waals surface area contributed by atoms with Gasteiger partial charge in [-0.1, -0.05) is 64.1 Å². The molecule has 13 heteroatoms. The number of nitrogens with zero attached hydrogens (tertiary/aromatic N) is 3. The van der Waals surface area contributed by atoms with Gasteiger partial charge in [0.15, 0.2) is 5.82 Å². The van der Waals surface area contributed by atoms with Crippen LogP contribution in [0, 0.1) is 0 Å². The van der Waals surface area contributed by atoms with Crippen LogP contribution in [0.2, 0.25) is 10.0 Å². The molecule has 0 aliphatic rings. The van der Waals surface area contributed by atoms with E-state index in [4.69, 9.17) is 58.0 Å². The van der Waals surface area contributed by atoms with Crippen molar-refractivity contribution in [3.05, 3.63) is 69.7 Å². The van der Waals surface area contributed by atoms with Crippen LogP contribution in [0.25, 0.3) is 5.69 Å². The molecule has 0 aliphatic heterocycles. The predicted octanol–water partition coefficient (Wildman–Crippen LogP) is 6.67. The molecule has 1 N–H and O–H groups in total. The summed E-state index contributed by atoms with van der Waals surface area (Å²) < 4.78 is 37.6. The van der Waals surface area contributed by atoms with Gasteiger partial charge in [-0.3, -0.25) is 4.79 Å². The molecule has 1 aromatic heterocycles. The number of amides is 1. The number of hydrogen-bond acceptors (Lipinski definition) is 3. The lowest BCUT2D eigenvalue weighted by Gasteiger charge is -2.12. The van der Waals surface area contributed by atoms with Crippen molar-refractivity contribution >= 4 is 69.6 Å². The molecule has 0 fully saturated rings. The van der Waals surface area contributed by atoms with Gasteiger partial charge in [0.05, 0.1) is 21.3 Å². The Morgan fingerprint density at radius 3 is 2.30 bits per heavy atom. The fourth-order valence-corrected chi connectivity index (χ4v) is 3.01. The van der Waals surface area contributed by atoms with Crippen molar-refractivity contribution in [1.82, 2.24) is 14.8 Å². The van der Waals surface area contributed by atoms with E-state index in [0.29, 0.717) is 0 Å². The first-order chi connectivity index (χ1) is 13.9. The Morgan fingerprint density at radius 1 is 1.00 bits per heavy atom. The summed E-state index contributed by atoms with van der Waals surface area (Å²) in [5.74, 6) is -1.59. The molecule has 0 aliphatic carbocycles. The number of hydrogen-bond donors (Lipinski definition) is 1. The maximum atomic E-state index is 12.9. The predicted molar refractivity (Wildman–Crippen MR) is 110 cm³/mol. The highest BCUT2D eigenvalue weighted by molar-refractivity contribution is 6.66. The minimum absolute atomic E-state index is 0.115. The minimum atomic E-state index is -4.57. The molecule has 2 aromatic carbocycles. The smallest absolute Gasteiger partial charge is 0.319 e. The topological polar surface area (TPSA) is 59.8 Å². The molecule has 3 rings (SSSR count). The van der Waals surface area contributed by atoms with Gasteiger partial charge in [-0.15, -0.1) is 5.10 Å². The largest absolute Gasteiger partial charge is 0.416 e. The van der Waals surface area contributed by atoms with Crippen LogP contribution in [0.15, 0.2) is 42.5 Å². The minimum Gasteiger partial charge on any atom is -0.319 e. The summed E-state index contributed by atoms with van der Waals surface area (Å²) in [6.07, 6.45) is -4.57. The molecule has 1 amide bonds. The number of carbonyl (C=O) groups is 1. The summed E-state index contributed by atoms with van der Waals surface area (Å²) in [5, 5.41) is 6.72. The zero-order chi connectivity index (χ0) is 22.3. The van der Waals surface area contributed by atoms with E-state index in [9.17, 15) is 18.0 Å². The van der Waals surface area contributed by atoms with Crippen LogP contribution >= 0.6 is 58.0 Å². The van der Waals surface area contributed by atoms with Gasteiger partial charge in [0.1, 0.15) is 0 Å². The van der Waals surface area contributed by atoms with Crippen molar-refractivity contribution in [3.8, 4) is 5.69 Å². The van der Waals surface area contributed by atoms with Crippen LogP contribution in [-0.2, 0) is 9.97 Å². The third-order valence-electron chi connectivity index (χ3n) is 3.66. The van der Waals surface area contributed by atoms with Gasteiger partial charge in [-0.2, -0.15) is 13.2 Å². The number of nitrogens with one attached hydrogen (secondary N) is 1. The Kier molecular flexibility index (Phi) is 6.46. The van der Waals surface area contributed by atoms with Gasteiger partial charge >= 0.3 is 6.18 Å². The number of alkyl halides is 6. The van der Waals surface area contributed by atoms with E-state index >= 15 is 0 Å². The molecule has 0 unspecified atom stereocenters. The Hall–Kier alpha value is -1.71. The molecule has 0 saturated carbocycles. The van der Waals surface area contributed by atoms with E-state index in [1.807, 2.05) is 0 Å². The van der Waals surface area contributed by atoms with Crippen LogP contribution in [0.1, 0.15) is 22.0 Å². The maximum Gasteiger partial charge on any atom is 0.416 e. The highest BCUT2D eigenvalue weighted by atomic mass is 35.6. The fraction of sp³-hybridized carbons (Fsp3) is 0.118. The van der Waals surface area contributed by atoms with Crippen molar-refractivity contribution in [2.75, 3.05) is 5.32 Å². The number of aromatic nitrogens is 3. The normalized spacial score (nSPS) is 12.1. The van der Waals surface area contributed by atoms with Crippen molar-refractivity contribution in [2.45, 2.75) is 9.97 Å². The molecule has 158 valence electrons. The molecular weight excluding hydrogens is 510 g/mol. The van der Waals surface area contributed by atoms with E-state index in [1.54, 1.807) is 0 Å². The van der Waals surface area contributed by atoms with Crippen molar-refractivity contribution in [3.63, 3.8) is 0 Å². The molecule has 0 bridgehead atoms. The summed E-state index contributed by atoms with van der Waals surface area (Å²) in [6, 6.07) is 8.43. The summed E-state index contributed by atoms with van der Waals surface area (Å²) in [6.45, 7) is 0. The van der Waals surface area contributed by atoms with Crippen molar-refractivity contribution < 1.29 is 18.0 Å². The van der Waals surface area contributed by atoms with Gasteiger partial charge in [0.2, 0.25) is 9.62 Å². The van der Waals surface area contributed by atoms with Gasteiger partial charge in [-0.05, 0) is 36.4 Å². The fourth-order valence-electron chi connectivity index (χ4n) is 2.35. The van der Waals surface area contributed by atoms with E-state index in [-0.39, 0.29) is 27.2 Å². The summed E-state index contributed by atoms with van der Waals surface area (Å²) >= 11 is 29.7. The second-order valence-electron chi connectivity index (χ2n) is 5.80. The molecule has 0 spiro atoms. The first-order valence-electron chi connectivity index (χ1n) is 7.84. The number of carbonyl (C=O) groups excluding carboxylic acids is 1. The van der Waals surface area contributed by atoms with E-state index in [1.165, 1.54) is 24.3 Å². The number of rotatable bonds is 3. The molecule has 0 saturated heterocycles. The highest BCUT2D eigenvalue weighted by Gasteiger charge is 2.33. The average molecular weight is 519 g/mol. The lowest BCUT2D eigenvalue weighted by atomic mass is 10.2. The van der Waals surface area contributed by atoms with Gasteiger partial charge in [0, 0.05) is 5.69 Å². The molecular formula is C17H8Cl5F3N4O. The third kappa shape index (κ3) is 5.12. The highest BCUT2D eigenvalue weighted by Crippen LogP contribution is 2.38. The Labute approximate surface area is 192 Å². The SMILES string of the molecule is O=C(Nc1cccc(C(F)(F)F)c1)c1nc(C(Cl)(Cl)Cl)n(-c2ccc(Cl)c(Cl)c2)n1.